The fourth-order valence-electron chi connectivity index (χ4n) is 3.64. The molecule has 6 nitrogen and oxygen atoms in total. The number of amides is 1. The van der Waals surface area contributed by atoms with Crippen LogP contribution < -0.4 is 10.1 Å². The molecule has 2 aliphatic rings. The molecule has 148 valence electrons. The number of halogens is 1. The highest BCUT2D eigenvalue weighted by Gasteiger charge is 2.29. The Hall–Kier alpha value is -1.90. The fourth-order valence-corrected chi connectivity index (χ4v) is 5.61. The number of hydrogen-bond acceptors (Lipinski definition) is 4. The number of fused-ring (bicyclic) bond motifs is 1. The van der Waals surface area contributed by atoms with E-state index in [1.165, 1.54) is 16.4 Å². The minimum atomic E-state index is -3.58. The van der Waals surface area contributed by atoms with E-state index < -0.39 is 10.0 Å². The van der Waals surface area contributed by atoms with Crippen molar-refractivity contribution in [3.63, 3.8) is 0 Å². The van der Waals surface area contributed by atoms with E-state index in [0.717, 1.165) is 24.2 Å². The number of hydrogen-bond donors (Lipinski definition) is 1. The van der Waals surface area contributed by atoms with Gasteiger partial charge in [0.05, 0.1) is 23.1 Å². The summed E-state index contributed by atoms with van der Waals surface area (Å²) in [5.41, 5.74) is 1.24. The molecule has 0 radical (unpaired) electrons. The predicted molar refractivity (Wildman–Crippen MR) is 109 cm³/mol. The van der Waals surface area contributed by atoms with Crippen LogP contribution in [0.1, 0.15) is 41.2 Å². The number of nitrogens with one attached hydrogen (secondary N) is 1. The van der Waals surface area contributed by atoms with E-state index in [9.17, 15) is 13.2 Å². The Morgan fingerprint density at radius 1 is 1.14 bits per heavy atom. The molecule has 0 aromatic heterocycles. The van der Waals surface area contributed by atoms with Crippen LogP contribution in [0, 0.1) is 0 Å². The van der Waals surface area contributed by atoms with E-state index in [1.807, 2.05) is 24.3 Å². The molecule has 0 saturated carbocycles. The summed E-state index contributed by atoms with van der Waals surface area (Å²) in [5.74, 6) is 0.454. The number of benzene rings is 2. The number of carbonyl (C=O) groups excluding carboxylic acids is 1. The molecule has 2 aliphatic heterocycles. The van der Waals surface area contributed by atoms with Crippen LogP contribution in [0.2, 0.25) is 0 Å². The molecule has 1 N–H and O–H groups in total. The number of rotatable bonds is 4. The maximum Gasteiger partial charge on any atom is 0.252 e. The second-order valence-corrected chi connectivity index (χ2v) is 9.75. The van der Waals surface area contributed by atoms with Crippen molar-refractivity contribution in [2.45, 2.75) is 30.2 Å². The predicted octanol–water partition coefficient (Wildman–Crippen LogP) is 3.49. The topological polar surface area (TPSA) is 75.7 Å². The lowest BCUT2D eigenvalue weighted by molar-refractivity contribution is 0.0924. The first-order valence-corrected chi connectivity index (χ1v) is 11.5. The molecule has 4 rings (SSSR count). The van der Waals surface area contributed by atoms with Gasteiger partial charge in [-0.2, -0.15) is 4.31 Å². The Labute approximate surface area is 173 Å². The Morgan fingerprint density at radius 3 is 2.68 bits per heavy atom. The zero-order chi connectivity index (χ0) is 19.7. The highest BCUT2D eigenvalue weighted by atomic mass is 79.9. The summed E-state index contributed by atoms with van der Waals surface area (Å²) in [7, 11) is -3.58. The van der Waals surface area contributed by atoms with Crippen molar-refractivity contribution in [1.82, 2.24) is 9.62 Å². The van der Waals surface area contributed by atoms with Crippen molar-refractivity contribution < 1.29 is 17.9 Å². The van der Waals surface area contributed by atoms with Gasteiger partial charge >= 0.3 is 0 Å². The summed E-state index contributed by atoms with van der Waals surface area (Å²) in [6, 6.07) is 12.1. The van der Waals surface area contributed by atoms with Crippen LogP contribution in [-0.4, -0.2) is 38.3 Å². The van der Waals surface area contributed by atoms with E-state index in [1.54, 1.807) is 6.07 Å². The van der Waals surface area contributed by atoms with Crippen LogP contribution in [0.4, 0.5) is 0 Å². The molecule has 1 fully saturated rings. The zero-order valence-electron chi connectivity index (χ0n) is 15.2. The second kappa shape index (κ2) is 7.85. The Bertz CT molecular complexity index is 1000. The van der Waals surface area contributed by atoms with Crippen molar-refractivity contribution >= 4 is 31.9 Å². The van der Waals surface area contributed by atoms with Gasteiger partial charge in [0, 0.05) is 29.5 Å². The SMILES string of the molecule is O=C(NC1CCOc2ccccc21)c1cc(S(=O)(=O)N2CCCC2)ccc1Br. The van der Waals surface area contributed by atoms with E-state index >= 15 is 0 Å². The van der Waals surface area contributed by atoms with Crippen LogP contribution in [0.15, 0.2) is 51.8 Å². The first kappa shape index (κ1) is 19.4. The monoisotopic (exact) mass is 464 g/mol. The summed E-state index contributed by atoms with van der Waals surface area (Å²) in [5, 5.41) is 3.02. The van der Waals surface area contributed by atoms with E-state index in [-0.39, 0.29) is 16.8 Å². The van der Waals surface area contributed by atoms with Gasteiger partial charge in [-0.15, -0.1) is 0 Å². The molecule has 1 unspecified atom stereocenters. The van der Waals surface area contributed by atoms with Crippen molar-refractivity contribution in [3.05, 3.63) is 58.1 Å². The lowest BCUT2D eigenvalue weighted by atomic mass is 10.00. The van der Waals surface area contributed by atoms with Crippen LogP contribution in [0.5, 0.6) is 5.75 Å². The van der Waals surface area contributed by atoms with Crippen molar-refractivity contribution in [2.24, 2.45) is 0 Å². The average Bonchev–Trinajstić information content (AvgIpc) is 3.24. The smallest absolute Gasteiger partial charge is 0.252 e. The van der Waals surface area contributed by atoms with Gasteiger partial charge in [0.15, 0.2) is 0 Å². The van der Waals surface area contributed by atoms with Crippen molar-refractivity contribution in [3.8, 4) is 5.75 Å². The average molecular weight is 465 g/mol. The molecule has 1 amide bonds. The van der Waals surface area contributed by atoms with Crippen molar-refractivity contribution in [2.75, 3.05) is 19.7 Å². The first-order chi connectivity index (χ1) is 13.5. The maximum absolute atomic E-state index is 13.0. The van der Waals surface area contributed by atoms with Crippen LogP contribution in [0.25, 0.3) is 0 Å². The normalized spacial score (nSPS) is 19.7. The fraction of sp³-hybridized carbons (Fsp3) is 0.350. The summed E-state index contributed by atoms with van der Waals surface area (Å²) in [6.45, 7) is 1.57. The third-order valence-corrected chi connectivity index (χ3v) is 7.74. The van der Waals surface area contributed by atoms with Gasteiger partial charge in [-0.1, -0.05) is 18.2 Å². The molecular formula is C20H21BrN2O4S. The van der Waals surface area contributed by atoms with Crippen LogP contribution >= 0.6 is 15.9 Å². The molecule has 1 saturated heterocycles. The first-order valence-electron chi connectivity index (χ1n) is 9.29. The van der Waals surface area contributed by atoms with Gasteiger partial charge in [0.1, 0.15) is 5.75 Å². The van der Waals surface area contributed by atoms with Gasteiger partial charge in [0.2, 0.25) is 10.0 Å². The molecule has 8 heteroatoms. The second-order valence-electron chi connectivity index (χ2n) is 6.95. The highest BCUT2D eigenvalue weighted by Crippen LogP contribution is 2.32. The van der Waals surface area contributed by atoms with Crippen molar-refractivity contribution in [1.29, 1.82) is 0 Å². The molecule has 0 spiro atoms. The van der Waals surface area contributed by atoms with Gasteiger partial charge in [0.25, 0.3) is 5.91 Å². The van der Waals surface area contributed by atoms with E-state index in [4.69, 9.17) is 4.74 Å². The number of carbonyl (C=O) groups is 1. The van der Waals surface area contributed by atoms with Crippen LogP contribution in [-0.2, 0) is 10.0 Å². The molecular weight excluding hydrogens is 444 g/mol. The summed E-state index contributed by atoms with van der Waals surface area (Å²) in [6.07, 6.45) is 2.39. The maximum atomic E-state index is 13.0. The summed E-state index contributed by atoms with van der Waals surface area (Å²) < 4.78 is 33.4. The number of sulfonamides is 1. The molecule has 2 aromatic rings. The summed E-state index contributed by atoms with van der Waals surface area (Å²) >= 11 is 3.38. The molecule has 1 atom stereocenters. The number of nitrogens with zero attached hydrogens (tertiary/aromatic N) is 1. The largest absolute Gasteiger partial charge is 0.493 e. The molecule has 2 heterocycles. The van der Waals surface area contributed by atoms with Gasteiger partial charge in [-0.3, -0.25) is 4.79 Å². The standard InChI is InChI=1S/C20H21BrN2O4S/c21-17-8-7-14(28(25,26)23-10-3-4-11-23)13-16(17)20(24)22-18-9-12-27-19-6-2-1-5-15(18)19/h1-2,5-8,13,18H,3-4,9-12H2,(H,22,24). The van der Waals surface area contributed by atoms with Gasteiger partial charge in [-0.05, 0) is 53.0 Å². The lowest BCUT2D eigenvalue weighted by Gasteiger charge is -2.27. The van der Waals surface area contributed by atoms with E-state index in [2.05, 4.69) is 21.2 Å². The zero-order valence-corrected chi connectivity index (χ0v) is 17.6. The molecule has 0 aliphatic carbocycles. The van der Waals surface area contributed by atoms with Gasteiger partial charge < -0.3 is 10.1 Å². The number of para-hydroxylation sites is 1. The Morgan fingerprint density at radius 2 is 1.89 bits per heavy atom. The molecule has 2 aromatic carbocycles. The Kier molecular flexibility index (Phi) is 5.44. The minimum Gasteiger partial charge on any atom is -0.493 e. The molecule has 0 bridgehead atoms. The van der Waals surface area contributed by atoms with E-state index in [0.29, 0.717) is 36.2 Å². The van der Waals surface area contributed by atoms with Gasteiger partial charge in [-0.25, -0.2) is 8.42 Å². The third-order valence-electron chi connectivity index (χ3n) is 5.15. The highest BCUT2D eigenvalue weighted by molar-refractivity contribution is 9.10. The number of ether oxygens (including phenoxy) is 1. The quantitative estimate of drug-likeness (QED) is 0.751. The third kappa shape index (κ3) is 3.68. The summed E-state index contributed by atoms with van der Waals surface area (Å²) in [4.78, 5) is 13.1. The Balaban J connectivity index is 1.60. The minimum absolute atomic E-state index is 0.148. The molecule has 28 heavy (non-hydrogen) atoms. The van der Waals surface area contributed by atoms with Crippen LogP contribution in [0.3, 0.4) is 0 Å². The lowest BCUT2D eigenvalue weighted by Crippen LogP contribution is -2.33.